The molecule has 0 aliphatic carbocycles. The van der Waals surface area contributed by atoms with Crippen molar-refractivity contribution in [2.45, 2.75) is 20.3 Å². The van der Waals surface area contributed by atoms with Gasteiger partial charge in [0.1, 0.15) is 0 Å². The van der Waals surface area contributed by atoms with Crippen molar-refractivity contribution in [2.24, 2.45) is 5.92 Å². The van der Waals surface area contributed by atoms with Crippen LogP contribution in [0.25, 0.3) is 5.78 Å². The zero-order valence-corrected chi connectivity index (χ0v) is 11.6. The van der Waals surface area contributed by atoms with Crippen molar-refractivity contribution < 1.29 is 4.79 Å². The van der Waals surface area contributed by atoms with Crippen molar-refractivity contribution in [1.29, 1.82) is 0 Å². The number of nitrogens with zero attached hydrogens (tertiary/aromatic N) is 5. The Morgan fingerprint density at radius 2 is 2.21 bits per heavy atom. The molecular formula is C12H14ClN5O. The third-order valence-electron chi connectivity index (χ3n) is 3.27. The average molecular weight is 280 g/mol. The van der Waals surface area contributed by atoms with Gasteiger partial charge >= 0.3 is 0 Å². The van der Waals surface area contributed by atoms with E-state index in [1.807, 2.05) is 19.9 Å². The van der Waals surface area contributed by atoms with Crippen LogP contribution < -0.4 is 4.90 Å². The highest BCUT2D eigenvalue weighted by Gasteiger charge is 2.32. The van der Waals surface area contributed by atoms with E-state index < -0.39 is 0 Å². The van der Waals surface area contributed by atoms with Crippen molar-refractivity contribution in [1.82, 2.24) is 19.6 Å². The molecule has 3 rings (SSSR count). The number of alkyl halides is 1. The molecule has 0 saturated carbocycles. The third kappa shape index (κ3) is 2.06. The normalized spacial score (nSPS) is 19.6. The van der Waals surface area contributed by atoms with Crippen LogP contribution >= 0.6 is 11.6 Å². The minimum atomic E-state index is 0.0240. The van der Waals surface area contributed by atoms with E-state index in [1.54, 1.807) is 9.42 Å². The van der Waals surface area contributed by atoms with Crippen molar-refractivity contribution in [3.8, 4) is 0 Å². The predicted octanol–water partition coefficient (Wildman–Crippen LogP) is 1.33. The number of aryl methyl sites for hydroxylation is 2. The summed E-state index contributed by atoms with van der Waals surface area (Å²) in [6.07, 6.45) is 0.463. The molecule has 6 nitrogen and oxygen atoms in total. The lowest BCUT2D eigenvalue weighted by Crippen LogP contribution is -2.26. The smallest absolute Gasteiger partial charge is 0.254 e. The topological polar surface area (TPSA) is 63.4 Å². The third-order valence-corrected chi connectivity index (χ3v) is 3.71. The van der Waals surface area contributed by atoms with E-state index in [0.29, 0.717) is 30.6 Å². The molecule has 7 heteroatoms. The molecule has 1 fully saturated rings. The average Bonchev–Trinajstić information content (AvgIpc) is 2.92. The second kappa shape index (κ2) is 4.45. The molecule has 1 saturated heterocycles. The van der Waals surface area contributed by atoms with Gasteiger partial charge in [-0.15, -0.1) is 16.7 Å². The van der Waals surface area contributed by atoms with Crippen LogP contribution in [0.4, 0.5) is 5.95 Å². The maximum Gasteiger partial charge on any atom is 0.254 e. The van der Waals surface area contributed by atoms with E-state index in [2.05, 4.69) is 15.1 Å². The molecule has 1 atom stereocenters. The molecule has 0 N–H and O–H groups in total. The number of aromatic nitrogens is 4. The van der Waals surface area contributed by atoms with Gasteiger partial charge in [-0.2, -0.15) is 9.50 Å². The number of carbonyl (C=O) groups excluding carboxylic acids is 1. The quantitative estimate of drug-likeness (QED) is 0.778. The number of hydrogen-bond acceptors (Lipinski definition) is 4. The van der Waals surface area contributed by atoms with Gasteiger partial charge in [-0.05, 0) is 25.8 Å². The summed E-state index contributed by atoms with van der Waals surface area (Å²) in [5.41, 5.74) is 1.83. The Balaban J connectivity index is 2.02. The van der Waals surface area contributed by atoms with Gasteiger partial charge in [0.25, 0.3) is 11.7 Å². The Bertz CT molecular complexity index is 653. The first-order valence-electron chi connectivity index (χ1n) is 6.16. The maximum absolute atomic E-state index is 11.9. The highest BCUT2D eigenvalue weighted by atomic mass is 35.5. The van der Waals surface area contributed by atoms with Crippen LogP contribution in [0, 0.1) is 19.8 Å². The second-order valence-electron chi connectivity index (χ2n) is 4.89. The zero-order chi connectivity index (χ0) is 13.6. The molecule has 0 radical (unpaired) electrons. The summed E-state index contributed by atoms with van der Waals surface area (Å²) in [6, 6.07) is 1.93. The molecule has 2 aromatic heterocycles. The summed E-state index contributed by atoms with van der Waals surface area (Å²) in [5.74, 6) is 1.62. The van der Waals surface area contributed by atoms with Gasteiger partial charge in [-0.1, -0.05) is 0 Å². The van der Waals surface area contributed by atoms with Crippen LogP contribution in [0.1, 0.15) is 17.8 Å². The van der Waals surface area contributed by atoms with Gasteiger partial charge in [0.2, 0.25) is 5.91 Å². The summed E-state index contributed by atoms with van der Waals surface area (Å²) in [4.78, 5) is 22.2. The minimum Gasteiger partial charge on any atom is -0.279 e. The Morgan fingerprint density at radius 3 is 2.89 bits per heavy atom. The summed E-state index contributed by atoms with van der Waals surface area (Å²) < 4.78 is 1.66. The van der Waals surface area contributed by atoms with Gasteiger partial charge < -0.3 is 0 Å². The van der Waals surface area contributed by atoms with E-state index in [9.17, 15) is 4.79 Å². The lowest BCUT2D eigenvalue weighted by atomic mass is 10.2. The first-order valence-corrected chi connectivity index (χ1v) is 6.69. The Labute approximate surface area is 115 Å². The van der Waals surface area contributed by atoms with Gasteiger partial charge in [-0.25, -0.2) is 4.98 Å². The van der Waals surface area contributed by atoms with Crippen LogP contribution in [0.2, 0.25) is 0 Å². The Hall–Kier alpha value is -1.69. The molecule has 3 heterocycles. The van der Waals surface area contributed by atoms with E-state index >= 15 is 0 Å². The molecule has 19 heavy (non-hydrogen) atoms. The fraction of sp³-hybridized carbons (Fsp3) is 0.500. The van der Waals surface area contributed by atoms with Crippen LogP contribution in [0.3, 0.4) is 0 Å². The molecule has 0 spiro atoms. The molecular weight excluding hydrogens is 266 g/mol. The fourth-order valence-corrected chi connectivity index (χ4v) is 2.56. The molecule has 1 unspecified atom stereocenters. The predicted molar refractivity (Wildman–Crippen MR) is 71.4 cm³/mol. The van der Waals surface area contributed by atoms with E-state index in [-0.39, 0.29) is 11.8 Å². The van der Waals surface area contributed by atoms with Gasteiger partial charge in [0.05, 0.1) is 0 Å². The molecule has 100 valence electrons. The molecule has 0 aromatic carbocycles. The summed E-state index contributed by atoms with van der Waals surface area (Å²) in [7, 11) is 0. The van der Waals surface area contributed by atoms with Crippen molar-refractivity contribution in [3.63, 3.8) is 0 Å². The van der Waals surface area contributed by atoms with Crippen LogP contribution in [0.5, 0.6) is 0 Å². The van der Waals surface area contributed by atoms with Crippen LogP contribution in [-0.2, 0) is 4.79 Å². The number of anilines is 1. The van der Waals surface area contributed by atoms with Crippen molar-refractivity contribution in [2.75, 3.05) is 17.3 Å². The number of rotatable bonds is 2. The highest BCUT2D eigenvalue weighted by Crippen LogP contribution is 2.23. The summed E-state index contributed by atoms with van der Waals surface area (Å²) >= 11 is 5.81. The second-order valence-corrected chi connectivity index (χ2v) is 5.20. The van der Waals surface area contributed by atoms with Crippen LogP contribution in [0.15, 0.2) is 6.07 Å². The lowest BCUT2D eigenvalue weighted by molar-refractivity contribution is -0.117. The van der Waals surface area contributed by atoms with Crippen molar-refractivity contribution in [3.05, 3.63) is 17.5 Å². The van der Waals surface area contributed by atoms with E-state index in [1.165, 1.54) is 0 Å². The first kappa shape index (κ1) is 12.3. The van der Waals surface area contributed by atoms with Crippen LogP contribution in [-0.4, -0.2) is 37.9 Å². The van der Waals surface area contributed by atoms with E-state index in [0.717, 1.165) is 11.4 Å². The highest BCUT2D eigenvalue weighted by molar-refractivity contribution is 6.18. The zero-order valence-electron chi connectivity index (χ0n) is 10.8. The monoisotopic (exact) mass is 279 g/mol. The number of carbonyl (C=O) groups is 1. The van der Waals surface area contributed by atoms with E-state index in [4.69, 9.17) is 11.6 Å². The SMILES string of the molecule is Cc1cc(C)n2nc(N3CC(CCl)CC3=O)nc2n1. The summed E-state index contributed by atoms with van der Waals surface area (Å²) in [5, 5.41) is 4.36. The number of halogens is 1. The van der Waals surface area contributed by atoms with Gasteiger partial charge in [-0.3, -0.25) is 9.69 Å². The Morgan fingerprint density at radius 1 is 1.42 bits per heavy atom. The lowest BCUT2D eigenvalue weighted by Gasteiger charge is -2.10. The Kier molecular flexibility index (Phi) is 2.89. The van der Waals surface area contributed by atoms with Gasteiger partial charge in [0.15, 0.2) is 0 Å². The maximum atomic E-state index is 11.9. The summed E-state index contributed by atoms with van der Waals surface area (Å²) in [6.45, 7) is 4.43. The molecule has 0 bridgehead atoms. The van der Waals surface area contributed by atoms with Gasteiger partial charge in [0, 0.05) is 30.2 Å². The fourth-order valence-electron chi connectivity index (χ4n) is 2.35. The van der Waals surface area contributed by atoms with Crippen molar-refractivity contribution >= 4 is 29.2 Å². The molecule has 2 aromatic rings. The number of amides is 1. The number of fused-ring (bicyclic) bond motifs is 1. The molecule has 1 aliphatic heterocycles. The molecule has 1 amide bonds. The molecule has 1 aliphatic rings. The minimum absolute atomic E-state index is 0.0240. The number of hydrogen-bond donors (Lipinski definition) is 0. The first-order chi connectivity index (χ1) is 9.08. The standard InChI is InChI=1S/C12H14ClN5O/c1-7-3-8(2)18-11(14-7)15-12(16-18)17-6-9(5-13)4-10(17)19/h3,9H,4-6H2,1-2H3. The largest absolute Gasteiger partial charge is 0.279 e.